The number of hydrogen-bond acceptors (Lipinski definition) is 6. The molecule has 2 aliphatic rings. The van der Waals surface area contributed by atoms with Crippen LogP contribution in [0.25, 0.3) is 0 Å². The lowest BCUT2D eigenvalue weighted by Gasteiger charge is -2.30. The van der Waals surface area contributed by atoms with Crippen LogP contribution in [0, 0.1) is 0 Å². The zero-order valence-electron chi connectivity index (χ0n) is 16.8. The van der Waals surface area contributed by atoms with Crippen molar-refractivity contribution in [3.05, 3.63) is 47.8 Å². The summed E-state index contributed by atoms with van der Waals surface area (Å²) in [4.78, 5) is 9.38. The van der Waals surface area contributed by atoms with Gasteiger partial charge in [0.1, 0.15) is 5.75 Å². The van der Waals surface area contributed by atoms with Crippen molar-refractivity contribution in [1.29, 1.82) is 0 Å². The average Bonchev–Trinajstić information content (AvgIpc) is 3.36. The van der Waals surface area contributed by atoms with E-state index in [9.17, 15) is 0 Å². The van der Waals surface area contributed by atoms with E-state index < -0.39 is 0 Å². The van der Waals surface area contributed by atoms with Gasteiger partial charge < -0.3 is 14.2 Å². The molecular weight excluding hydrogens is 354 g/mol. The quantitative estimate of drug-likeness (QED) is 0.697. The molecule has 1 unspecified atom stereocenters. The maximum Gasteiger partial charge on any atom is 0.231 e. The van der Waals surface area contributed by atoms with Crippen molar-refractivity contribution >= 4 is 0 Å². The predicted molar refractivity (Wildman–Crippen MR) is 108 cm³/mol. The Balaban J connectivity index is 1.56. The second-order valence-electron chi connectivity index (χ2n) is 7.47. The molecular formula is C22H29N3O3. The number of pyridine rings is 1. The smallest absolute Gasteiger partial charge is 0.231 e. The summed E-state index contributed by atoms with van der Waals surface area (Å²) in [6.45, 7) is 7.52. The van der Waals surface area contributed by atoms with Crippen molar-refractivity contribution in [2.45, 2.75) is 38.9 Å². The molecule has 28 heavy (non-hydrogen) atoms. The fourth-order valence-electron chi connectivity index (χ4n) is 4.27. The Morgan fingerprint density at radius 3 is 2.86 bits per heavy atom. The predicted octanol–water partition coefficient (Wildman–Crippen LogP) is 3.31. The summed E-state index contributed by atoms with van der Waals surface area (Å²) >= 11 is 0. The Morgan fingerprint density at radius 2 is 2.11 bits per heavy atom. The molecule has 0 radical (unpaired) electrons. The molecule has 150 valence electrons. The fourth-order valence-corrected chi connectivity index (χ4v) is 4.27. The molecule has 1 aromatic carbocycles. The number of hydrogen-bond donors (Lipinski definition) is 0. The number of ether oxygens (including phenoxy) is 3. The first-order chi connectivity index (χ1) is 13.8. The van der Waals surface area contributed by atoms with Crippen LogP contribution >= 0.6 is 0 Å². The van der Waals surface area contributed by atoms with Gasteiger partial charge in [0.25, 0.3) is 0 Å². The molecule has 2 aliphatic heterocycles. The lowest BCUT2D eigenvalue weighted by Crippen LogP contribution is -2.39. The van der Waals surface area contributed by atoms with Crippen LogP contribution in [0.2, 0.25) is 0 Å². The first-order valence-electron chi connectivity index (χ1n) is 10.1. The molecule has 0 N–H and O–H groups in total. The second kappa shape index (κ2) is 8.80. The van der Waals surface area contributed by atoms with Crippen LogP contribution in [-0.2, 0) is 13.1 Å². The monoisotopic (exact) mass is 383 g/mol. The normalized spacial score (nSPS) is 18.8. The van der Waals surface area contributed by atoms with Gasteiger partial charge in [0.2, 0.25) is 6.79 Å². The summed E-state index contributed by atoms with van der Waals surface area (Å²) in [6.07, 6.45) is 6.32. The molecule has 0 amide bonds. The van der Waals surface area contributed by atoms with Crippen LogP contribution in [0.15, 0.2) is 36.7 Å². The third-order valence-electron chi connectivity index (χ3n) is 5.67. The van der Waals surface area contributed by atoms with Crippen molar-refractivity contribution < 1.29 is 14.2 Å². The van der Waals surface area contributed by atoms with Crippen LogP contribution < -0.4 is 14.2 Å². The zero-order chi connectivity index (χ0) is 19.3. The molecule has 0 aliphatic carbocycles. The summed E-state index contributed by atoms with van der Waals surface area (Å²) in [7, 11) is 1.71. The highest BCUT2D eigenvalue weighted by molar-refractivity contribution is 5.51. The third-order valence-corrected chi connectivity index (χ3v) is 5.67. The van der Waals surface area contributed by atoms with E-state index in [-0.39, 0.29) is 6.79 Å². The number of methoxy groups -OCH3 is 1. The van der Waals surface area contributed by atoms with Crippen LogP contribution in [0.4, 0.5) is 0 Å². The Labute approximate surface area is 167 Å². The van der Waals surface area contributed by atoms with E-state index in [4.69, 9.17) is 14.2 Å². The third kappa shape index (κ3) is 4.23. The molecule has 4 rings (SSSR count). The molecule has 6 nitrogen and oxygen atoms in total. The molecule has 3 heterocycles. The highest BCUT2D eigenvalue weighted by Crippen LogP contribution is 2.38. The number of aromatic nitrogens is 1. The summed E-state index contributed by atoms with van der Waals surface area (Å²) in [5, 5.41) is 0. The number of nitrogens with zero attached hydrogens (tertiary/aromatic N) is 3. The maximum absolute atomic E-state index is 5.65. The van der Waals surface area contributed by atoms with Gasteiger partial charge in [0.15, 0.2) is 11.5 Å². The Kier molecular flexibility index (Phi) is 5.98. The average molecular weight is 383 g/mol. The molecule has 0 spiro atoms. The summed E-state index contributed by atoms with van der Waals surface area (Å²) in [5.74, 6) is 2.40. The van der Waals surface area contributed by atoms with Gasteiger partial charge in [-0.1, -0.05) is 13.0 Å². The SMILES string of the molecule is CCN1CCCC1CN(Cc1cccnc1)Cc1cc2c(cc1OC)OCO2. The van der Waals surface area contributed by atoms with Gasteiger partial charge in [-0.3, -0.25) is 14.8 Å². The molecule has 1 saturated heterocycles. The summed E-state index contributed by atoms with van der Waals surface area (Å²) < 4.78 is 16.7. The first-order valence-corrected chi connectivity index (χ1v) is 10.1. The van der Waals surface area contributed by atoms with E-state index in [2.05, 4.69) is 33.8 Å². The van der Waals surface area contributed by atoms with Crippen molar-refractivity contribution in [3.8, 4) is 17.2 Å². The maximum atomic E-state index is 5.65. The van der Waals surface area contributed by atoms with E-state index in [1.165, 1.54) is 24.9 Å². The Hall–Kier alpha value is -2.31. The van der Waals surface area contributed by atoms with Gasteiger partial charge in [-0.15, -0.1) is 0 Å². The molecule has 1 atom stereocenters. The van der Waals surface area contributed by atoms with E-state index >= 15 is 0 Å². The number of rotatable bonds is 8. The number of benzene rings is 1. The topological polar surface area (TPSA) is 47.1 Å². The van der Waals surface area contributed by atoms with Gasteiger partial charge in [-0.05, 0) is 43.6 Å². The van der Waals surface area contributed by atoms with Crippen LogP contribution in [0.5, 0.6) is 17.2 Å². The lowest BCUT2D eigenvalue weighted by atomic mass is 10.1. The highest BCUT2D eigenvalue weighted by Gasteiger charge is 2.26. The van der Waals surface area contributed by atoms with Gasteiger partial charge >= 0.3 is 0 Å². The zero-order valence-corrected chi connectivity index (χ0v) is 16.8. The molecule has 2 aromatic rings. The van der Waals surface area contributed by atoms with Crippen molar-refractivity contribution in [1.82, 2.24) is 14.8 Å². The highest BCUT2D eigenvalue weighted by atomic mass is 16.7. The van der Waals surface area contributed by atoms with Crippen LogP contribution in [-0.4, -0.2) is 54.4 Å². The largest absolute Gasteiger partial charge is 0.496 e. The minimum Gasteiger partial charge on any atom is -0.496 e. The number of fused-ring (bicyclic) bond motifs is 1. The second-order valence-corrected chi connectivity index (χ2v) is 7.47. The van der Waals surface area contributed by atoms with E-state index in [1.807, 2.05) is 24.5 Å². The minimum absolute atomic E-state index is 0.273. The van der Waals surface area contributed by atoms with E-state index in [1.54, 1.807) is 7.11 Å². The van der Waals surface area contributed by atoms with E-state index in [0.717, 1.165) is 49.0 Å². The van der Waals surface area contributed by atoms with Crippen molar-refractivity contribution in [2.24, 2.45) is 0 Å². The lowest BCUT2D eigenvalue weighted by molar-refractivity contribution is 0.164. The molecule has 0 bridgehead atoms. The number of likely N-dealkylation sites (tertiary alicyclic amines) is 1. The first kappa shape index (κ1) is 19.0. The molecule has 0 saturated carbocycles. The molecule has 1 aromatic heterocycles. The Morgan fingerprint density at radius 1 is 1.25 bits per heavy atom. The van der Waals surface area contributed by atoms with Gasteiger partial charge in [0, 0.05) is 49.7 Å². The fraction of sp³-hybridized carbons (Fsp3) is 0.500. The Bertz CT molecular complexity index is 784. The summed E-state index contributed by atoms with van der Waals surface area (Å²) in [5.41, 5.74) is 2.35. The van der Waals surface area contributed by atoms with Gasteiger partial charge in [0.05, 0.1) is 7.11 Å². The summed E-state index contributed by atoms with van der Waals surface area (Å²) in [6, 6.07) is 8.74. The van der Waals surface area contributed by atoms with E-state index in [0.29, 0.717) is 6.04 Å². The van der Waals surface area contributed by atoms with Gasteiger partial charge in [-0.25, -0.2) is 0 Å². The van der Waals surface area contributed by atoms with Crippen molar-refractivity contribution in [2.75, 3.05) is 33.5 Å². The standard InChI is InChI=1S/C22H29N3O3/c1-3-25-9-5-7-19(25)15-24(13-17-6-4-8-23-12-17)14-18-10-21-22(28-16-27-21)11-20(18)26-2/h4,6,8,10-12,19H,3,5,7,9,13-16H2,1-2H3. The molecule has 1 fully saturated rings. The van der Waals surface area contributed by atoms with Gasteiger partial charge in [-0.2, -0.15) is 0 Å². The van der Waals surface area contributed by atoms with Crippen LogP contribution in [0.1, 0.15) is 30.9 Å². The minimum atomic E-state index is 0.273. The molecule has 6 heteroatoms. The van der Waals surface area contributed by atoms with Crippen LogP contribution in [0.3, 0.4) is 0 Å². The van der Waals surface area contributed by atoms with Crippen molar-refractivity contribution in [3.63, 3.8) is 0 Å². The number of likely N-dealkylation sites (N-methyl/N-ethyl adjacent to an activating group) is 1.